The summed E-state index contributed by atoms with van der Waals surface area (Å²) >= 11 is 5.12. The summed E-state index contributed by atoms with van der Waals surface area (Å²) in [7, 11) is 3.26. The van der Waals surface area contributed by atoms with Crippen LogP contribution in [0.3, 0.4) is 0 Å². The number of hydrogen-bond acceptors (Lipinski definition) is 8. The Bertz CT molecular complexity index is 1630. The number of thiazole rings is 1. The molecule has 3 amide bonds. The van der Waals surface area contributed by atoms with Crippen LogP contribution in [0.15, 0.2) is 40.2 Å². The first-order chi connectivity index (χ1) is 21.5. The van der Waals surface area contributed by atoms with Gasteiger partial charge in [-0.3, -0.25) is 4.79 Å². The van der Waals surface area contributed by atoms with E-state index in [9.17, 15) is 19.5 Å². The SMILES string of the molecule is COc1ccc2c(OCC[C@@H]3NC(=O)N(C)CCCC/C=C\[C@@H]4C[C@@]4(C(=O)O)NC3=O)cc(-c3nc(C(C)C)cs3)nc2c1Br. The van der Waals surface area contributed by atoms with Crippen molar-refractivity contribution in [1.82, 2.24) is 25.5 Å². The molecule has 1 aliphatic heterocycles. The van der Waals surface area contributed by atoms with E-state index in [4.69, 9.17) is 19.4 Å². The number of carbonyl (C=O) groups excluding carboxylic acids is 2. The molecule has 0 bridgehead atoms. The van der Waals surface area contributed by atoms with Crippen LogP contribution in [0.4, 0.5) is 4.79 Å². The van der Waals surface area contributed by atoms with Gasteiger partial charge in [0.15, 0.2) is 0 Å². The zero-order valence-electron chi connectivity index (χ0n) is 25.8. The maximum Gasteiger partial charge on any atom is 0.330 e. The summed E-state index contributed by atoms with van der Waals surface area (Å²) < 4.78 is 12.5. The van der Waals surface area contributed by atoms with Gasteiger partial charge in [-0.05, 0) is 59.7 Å². The van der Waals surface area contributed by atoms with Gasteiger partial charge < -0.3 is 30.1 Å². The molecule has 0 radical (unpaired) electrons. The lowest BCUT2D eigenvalue weighted by molar-refractivity contribution is -0.143. The normalized spacial score (nSPS) is 23.1. The maximum absolute atomic E-state index is 13.5. The lowest BCUT2D eigenvalue weighted by Gasteiger charge is -2.25. The van der Waals surface area contributed by atoms with Gasteiger partial charge in [0.25, 0.3) is 0 Å². The third-order valence-corrected chi connectivity index (χ3v) is 9.90. The van der Waals surface area contributed by atoms with Gasteiger partial charge in [0.2, 0.25) is 5.91 Å². The van der Waals surface area contributed by atoms with Gasteiger partial charge in [0, 0.05) is 42.8 Å². The van der Waals surface area contributed by atoms with E-state index in [0.29, 0.717) is 40.1 Å². The minimum Gasteiger partial charge on any atom is -0.495 e. The van der Waals surface area contributed by atoms with Crippen molar-refractivity contribution < 1.29 is 29.0 Å². The van der Waals surface area contributed by atoms with Gasteiger partial charge >= 0.3 is 12.0 Å². The molecular weight excluding hydrogens is 662 g/mol. The molecule has 3 atom stereocenters. The smallest absolute Gasteiger partial charge is 0.330 e. The number of carboxylic acids is 1. The number of pyridine rings is 1. The lowest BCUT2D eigenvalue weighted by atomic mass is 10.1. The summed E-state index contributed by atoms with van der Waals surface area (Å²) in [5, 5.41) is 19.0. The fourth-order valence-electron chi connectivity index (χ4n) is 5.32. The summed E-state index contributed by atoms with van der Waals surface area (Å²) in [6, 6.07) is 4.07. The molecular formula is C32H38BrN5O6S. The number of aliphatic carboxylic acids is 1. The van der Waals surface area contributed by atoms with Gasteiger partial charge in [0.05, 0.1) is 29.4 Å². The lowest BCUT2D eigenvalue weighted by Crippen LogP contribution is -2.55. The van der Waals surface area contributed by atoms with Crippen molar-refractivity contribution in [3.05, 3.63) is 45.9 Å². The number of carboxylic acid groups (broad SMARTS) is 1. The molecule has 2 aliphatic rings. The topological polar surface area (TPSA) is 143 Å². The van der Waals surface area contributed by atoms with Gasteiger partial charge in [-0.2, -0.15) is 0 Å². The highest BCUT2D eigenvalue weighted by atomic mass is 79.9. The number of nitrogens with zero attached hydrogens (tertiary/aromatic N) is 3. The second kappa shape index (κ2) is 13.7. The van der Waals surface area contributed by atoms with Gasteiger partial charge in [-0.1, -0.05) is 26.0 Å². The van der Waals surface area contributed by atoms with Crippen LogP contribution < -0.4 is 20.1 Å². The monoisotopic (exact) mass is 699 g/mol. The molecule has 1 fully saturated rings. The molecule has 1 saturated carbocycles. The van der Waals surface area contributed by atoms with Crippen LogP contribution in [0.1, 0.15) is 57.6 Å². The summed E-state index contributed by atoms with van der Waals surface area (Å²) in [5.41, 5.74) is 0.852. The Morgan fingerprint density at radius 3 is 2.76 bits per heavy atom. The number of urea groups is 1. The van der Waals surface area contributed by atoms with E-state index in [1.807, 2.05) is 35.7 Å². The van der Waals surface area contributed by atoms with Crippen molar-refractivity contribution in [2.45, 2.75) is 63.5 Å². The highest BCUT2D eigenvalue weighted by Crippen LogP contribution is 2.45. The second-order valence-corrected chi connectivity index (χ2v) is 13.4. The minimum absolute atomic E-state index is 0.0583. The molecule has 240 valence electrons. The van der Waals surface area contributed by atoms with E-state index in [1.165, 1.54) is 16.2 Å². The molecule has 3 aromatic rings. The number of hydrogen-bond donors (Lipinski definition) is 3. The first-order valence-electron chi connectivity index (χ1n) is 15.0. The standard InChI is InChI=1S/C32H38BrN5O6S/c1-18(2)23-17-45-29(35-23)22-15-25(20-10-11-24(43-4)26(33)27(20)34-22)44-14-12-21-28(39)37-32(30(40)41)16-19(32)9-7-5-6-8-13-38(3)31(42)36-21/h7,9-11,15,17-19,21H,5-6,8,12-14,16H2,1-4H3,(H,36,42)(H,37,39)(H,40,41)/b9-7-/t19-,21+,32-/m1/s1. The Hall–Kier alpha value is -3.71. The Labute approximate surface area is 274 Å². The largest absolute Gasteiger partial charge is 0.495 e. The minimum atomic E-state index is -1.38. The third-order valence-electron chi connectivity index (χ3n) is 8.25. The highest BCUT2D eigenvalue weighted by Gasteiger charge is 2.60. The van der Waals surface area contributed by atoms with Crippen LogP contribution in [-0.2, 0) is 9.59 Å². The number of amides is 3. The number of halogens is 1. The number of methoxy groups -OCH3 is 1. The molecule has 1 aliphatic carbocycles. The number of aromatic nitrogens is 2. The van der Waals surface area contributed by atoms with Crippen molar-refractivity contribution >= 4 is 56.1 Å². The van der Waals surface area contributed by atoms with E-state index in [1.54, 1.807) is 14.2 Å². The molecule has 11 nitrogen and oxygen atoms in total. The predicted molar refractivity (Wildman–Crippen MR) is 176 cm³/mol. The molecule has 2 aromatic heterocycles. The molecule has 0 unspecified atom stereocenters. The Morgan fingerprint density at radius 1 is 1.24 bits per heavy atom. The molecule has 13 heteroatoms. The van der Waals surface area contributed by atoms with Gasteiger partial charge in [0.1, 0.15) is 33.8 Å². The zero-order chi connectivity index (χ0) is 32.3. The van der Waals surface area contributed by atoms with E-state index in [0.717, 1.165) is 35.4 Å². The molecule has 0 saturated heterocycles. The first-order valence-corrected chi connectivity index (χ1v) is 16.7. The average molecular weight is 701 g/mol. The van der Waals surface area contributed by atoms with Crippen molar-refractivity contribution in [2.24, 2.45) is 5.92 Å². The van der Waals surface area contributed by atoms with E-state index >= 15 is 0 Å². The van der Waals surface area contributed by atoms with Crippen LogP contribution in [-0.4, -0.2) is 76.8 Å². The van der Waals surface area contributed by atoms with Crippen LogP contribution in [0.5, 0.6) is 11.5 Å². The first kappa shape index (κ1) is 32.7. The highest BCUT2D eigenvalue weighted by molar-refractivity contribution is 9.10. The molecule has 0 spiro atoms. The van der Waals surface area contributed by atoms with Crippen molar-refractivity contribution in [3.8, 4) is 22.2 Å². The predicted octanol–water partition coefficient (Wildman–Crippen LogP) is 5.73. The Balaban J connectivity index is 1.42. The van der Waals surface area contributed by atoms with Gasteiger partial charge in [-0.25, -0.2) is 19.6 Å². The Kier molecular flexibility index (Phi) is 9.97. The molecule has 3 heterocycles. The molecule has 1 aromatic carbocycles. The van der Waals surface area contributed by atoms with Crippen molar-refractivity contribution in [2.75, 3.05) is 27.3 Å². The fraction of sp³-hybridized carbons (Fsp3) is 0.469. The van der Waals surface area contributed by atoms with E-state index in [-0.39, 0.29) is 24.9 Å². The summed E-state index contributed by atoms with van der Waals surface area (Å²) in [4.78, 5) is 50.0. The van der Waals surface area contributed by atoms with E-state index < -0.39 is 29.5 Å². The van der Waals surface area contributed by atoms with Crippen molar-refractivity contribution in [3.63, 3.8) is 0 Å². The number of ether oxygens (including phenoxy) is 2. The molecule has 3 N–H and O–H groups in total. The number of rotatable bonds is 8. The van der Waals surface area contributed by atoms with Crippen molar-refractivity contribution in [1.29, 1.82) is 0 Å². The number of carbonyl (C=O) groups is 3. The number of benzene rings is 1. The maximum atomic E-state index is 13.5. The van der Waals surface area contributed by atoms with Crippen LogP contribution in [0, 0.1) is 5.92 Å². The van der Waals surface area contributed by atoms with Crippen LogP contribution in [0.2, 0.25) is 0 Å². The fourth-order valence-corrected chi connectivity index (χ4v) is 6.86. The van der Waals surface area contributed by atoms with Gasteiger partial charge in [-0.15, -0.1) is 11.3 Å². The number of nitrogens with one attached hydrogen (secondary N) is 2. The molecule has 5 rings (SSSR count). The summed E-state index contributed by atoms with van der Waals surface area (Å²) in [5.74, 6) is -0.539. The Morgan fingerprint density at radius 2 is 2.04 bits per heavy atom. The summed E-state index contributed by atoms with van der Waals surface area (Å²) in [6.07, 6.45) is 6.70. The summed E-state index contributed by atoms with van der Waals surface area (Å²) in [6.45, 7) is 4.76. The average Bonchev–Trinajstić information content (AvgIpc) is 3.47. The van der Waals surface area contributed by atoms with E-state index in [2.05, 4.69) is 40.4 Å². The molecule has 45 heavy (non-hydrogen) atoms. The number of allylic oxidation sites excluding steroid dienone is 1. The third kappa shape index (κ3) is 7.09. The van der Waals surface area contributed by atoms with Crippen LogP contribution >= 0.6 is 27.3 Å². The number of fused-ring (bicyclic) bond motifs is 2. The second-order valence-electron chi connectivity index (χ2n) is 11.8. The zero-order valence-corrected chi connectivity index (χ0v) is 28.2. The quantitative estimate of drug-likeness (QED) is 0.253. The van der Waals surface area contributed by atoms with Crippen LogP contribution in [0.25, 0.3) is 21.6 Å².